The summed E-state index contributed by atoms with van der Waals surface area (Å²) in [5.74, 6) is 0.343. The minimum atomic E-state index is -0.0947. The molecule has 1 amide bonds. The van der Waals surface area contributed by atoms with Crippen molar-refractivity contribution in [1.82, 2.24) is 5.32 Å². The first-order valence-electron chi connectivity index (χ1n) is 7.77. The first-order valence-corrected chi connectivity index (χ1v) is 7.77. The second-order valence-corrected chi connectivity index (χ2v) is 5.88. The Balaban J connectivity index is 0.00000176. The number of hydrogen-bond acceptors (Lipinski definition) is 2. The molecule has 0 heterocycles. The van der Waals surface area contributed by atoms with Gasteiger partial charge in [-0.1, -0.05) is 49.2 Å². The van der Waals surface area contributed by atoms with Crippen molar-refractivity contribution in [2.75, 3.05) is 6.54 Å². The molecule has 1 aliphatic rings. The number of hydrogen-bond donors (Lipinski definition) is 2. The molecule has 0 radical (unpaired) electrons. The summed E-state index contributed by atoms with van der Waals surface area (Å²) in [4.78, 5) is 12.3. The molecule has 1 saturated carbocycles. The second kappa shape index (κ2) is 7.61. The highest BCUT2D eigenvalue weighted by Gasteiger charge is 2.24. The van der Waals surface area contributed by atoms with Gasteiger partial charge >= 0.3 is 0 Å². The van der Waals surface area contributed by atoms with Crippen molar-refractivity contribution in [3.63, 3.8) is 0 Å². The van der Waals surface area contributed by atoms with E-state index in [0.717, 1.165) is 18.4 Å². The molecule has 0 bridgehead atoms. The maximum atomic E-state index is 12.3. The molecule has 0 saturated heterocycles. The second-order valence-electron chi connectivity index (χ2n) is 5.88. The van der Waals surface area contributed by atoms with Gasteiger partial charge in [0.25, 0.3) is 0 Å². The predicted molar refractivity (Wildman–Crippen MR) is 93.1 cm³/mol. The van der Waals surface area contributed by atoms with E-state index in [1.165, 1.54) is 23.6 Å². The number of carbonyl (C=O) groups is 1. The number of carbonyl (C=O) groups excluding carboxylic acids is 1. The van der Waals surface area contributed by atoms with E-state index in [9.17, 15) is 4.79 Å². The number of nitrogens with one attached hydrogen (secondary N) is 1. The summed E-state index contributed by atoms with van der Waals surface area (Å²) >= 11 is 0. The van der Waals surface area contributed by atoms with Crippen LogP contribution in [0.5, 0.6) is 0 Å². The molecule has 3 rings (SSSR count). The minimum Gasteiger partial charge on any atom is -0.348 e. The van der Waals surface area contributed by atoms with E-state index < -0.39 is 0 Å². The van der Waals surface area contributed by atoms with Gasteiger partial charge in [0, 0.05) is 12.5 Å². The van der Waals surface area contributed by atoms with Crippen LogP contribution >= 0.6 is 12.4 Å². The zero-order chi connectivity index (χ0) is 14.7. The van der Waals surface area contributed by atoms with E-state index in [0.29, 0.717) is 6.54 Å². The van der Waals surface area contributed by atoms with Crippen LogP contribution in [0.1, 0.15) is 37.3 Å². The molecule has 1 aliphatic carbocycles. The molecule has 22 heavy (non-hydrogen) atoms. The number of halogens is 1. The van der Waals surface area contributed by atoms with Crippen LogP contribution in [-0.2, 0) is 4.79 Å². The molecule has 0 spiro atoms. The van der Waals surface area contributed by atoms with Crippen molar-refractivity contribution in [3.8, 4) is 0 Å². The van der Waals surface area contributed by atoms with E-state index in [4.69, 9.17) is 5.73 Å². The Morgan fingerprint density at radius 2 is 1.82 bits per heavy atom. The summed E-state index contributed by atoms with van der Waals surface area (Å²) in [6, 6.07) is 14.4. The fourth-order valence-corrected chi connectivity index (χ4v) is 3.18. The predicted octanol–water partition coefficient (Wildman–Crippen LogP) is 3.57. The maximum absolute atomic E-state index is 12.3. The topological polar surface area (TPSA) is 55.1 Å². The van der Waals surface area contributed by atoms with Gasteiger partial charge in [-0.05, 0) is 35.2 Å². The van der Waals surface area contributed by atoms with Crippen LogP contribution in [0.2, 0.25) is 0 Å². The zero-order valence-electron chi connectivity index (χ0n) is 12.6. The van der Waals surface area contributed by atoms with Crippen LogP contribution in [0.15, 0.2) is 42.5 Å². The lowest BCUT2D eigenvalue weighted by atomic mass is 10.0. The Labute approximate surface area is 137 Å². The van der Waals surface area contributed by atoms with Crippen LogP contribution in [0.4, 0.5) is 0 Å². The van der Waals surface area contributed by atoms with E-state index >= 15 is 0 Å². The average molecular weight is 319 g/mol. The van der Waals surface area contributed by atoms with Crippen molar-refractivity contribution in [1.29, 1.82) is 0 Å². The first-order chi connectivity index (χ1) is 10.3. The number of fused-ring (bicyclic) bond motifs is 1. The van der Waals surface area contributed by atoms with Gasteiger partial charge in [0.05, 0.1) is 6.04 Å². The lowest BCUT2D eigenvalue weighted by Crippen LogP contribution is -2.36. The Morgan fingerprint density at radius 1 is 1.14 bits per heavy atom. The highest BCUT2D eigenvalue weighted by molar-refractivity contribution is 5.85. The van der Waals surface area contributed by atoms with Gasteiger partial charge in [-0.25, -0.2) is 0 Å². The van der Waals surface area contributed by atoms with Crippen LogP contribution in [0, 0.1) is 5.92 Å². The van der Waals surface area contributed by atoms with Crippen LogP contribution in [-0.4, -0.2) is 12.5 Å². The first kappa shape index (κ1) is 16.8. The molecule has 2 aromatic carbocycles. The van der Waals surface area contributed by atoms with Crippen molar-refractivity contribution in [2.24, 2.45) is 11.7 Å². The lowest BCUT2D eigenvalue weighted by molar-refractivity contribution is -0.125. The quantitative estimate of drug-likeness (QED) is 0.905. The molecule has 1 unspecified atom stereocenters. The molecule has 4 heteroatoms. The number of benzene rings is 2. The molecular formula is C18H23ClN2O. The van der Waals surface area contributed by atoms with Crippen molar-refractivity contribution in [3.05, 3.63) is 48.0 Å². The van der Waals surface area contributed by atoms with E-state index in [-0.39, 0.29) is 30.3 Å². The number of nitrogens with two attached hydrogens (primary N) is 1. The molecule has 1 fully saturated rings. The molecule has 3 N–H and O–H groups in total. The van der Waals surface area contributed by atoms with E-state index in [2.05, 4.69) is 35.6 Å². The third-order valence-electron chi connectivity index (χ3n) is 4.45. The van der Waals surface area contributed by atoms with Crippen molar-refractivity contribution >= 4 is 29.1 Å². The summed E-state index contributed by atoms with van der Waals surface area (Å²) in [7, 11) is 0. The number of rotatable bonds is 4. The van der Waals surface area contributed by atoms with Crippen molar-refractivity contribution < 1.29 is 4.79 Å². The van der Waals surface area contributed by atoms with Gasteiger partial charge in [0.2, 0.25) is 5.91 Å². The third-order valence-corrected chi connectivity index (χ3v) is 4.45. The molecule has 118 valence electrons. The Bertz CT molecular complexity index is 638. The van der Waals surface area contributed by atoms with E-state index in [1.54, 1.807) is 0 Å². The van der Waals surface area contributed by atoms with Gasteiger partial charge in [-0.3, -0.25) is 4.79 Å². The standard InChI is InChI=1S/C18H22N2O.ClH/c19-12-17(20-18(21)14-6-2-3-7-14)16-10-9-13-5-1-4-8-15(13)11-16;/h1,4-5,8-11,14,17H,2-3,6-7,12,19H2,(H,20,21);1H. The summed E-state index contributed by atoms with van der Waals surface area (Å²) in [5, 5.41) is 5.52. The SMILES string of the molecule is Cl.NCC(NC(=O)C1CCCC1)c1ccc2ccccc2c1. The van der Waals surface area contributed by atoms with Gasteiger partial charge in [0.1, 0.15) is 0 Å². The molecule has 3 nitrogen and oxygen atoms in total. The van der Waals surface area contributed by atoms with Gasteiger partial charge in [-0.15, -0.1) is 12.4 Å². The van der Waals surface area contributed by atoms with Crippen molar-refractivity contribution in [2.45, 2.75) is 31.7 Å². The van der Waals surface area contributed by atoms with Gasteiger partial charge in [-0.2, -0.15) is 0 Å². The largest absolute Gasteiger partial charge is 0.348 e. The summed E-state index contributed by atoms with van der Waals surface area (Å²) < 4.78 is 0. The molecule has 1 atom stereocenters. The summed E-state index contributed by atoms with van der Waals surface area (Å²) in [6.07, 6.45) is 4.37. The molecule has 0 aliphatic heterocycles. The monoisotopic (exact) mass is 318 g/mol. The summed E-state index contributed by atoms with van der Waals surface area (Å²) in [5.41, 5.74) is 6.97. The molecule has 0 aromatic heterocycles. The molecule has 2 aromatic rings. The van der Waals surface area contributed by atoms with Crippen LogP contribution < -0.4 is 11.1 Å². The van der Waals surface area contributed by atoms with Crippen LogP contribution in [0.25, 0.3) is 10.8 Å². The molecular weight excluding hydrogens is 296 g/mol. The Kier molecular flexibility index (Phi) is 5.81. The zero-order valence-corrected chi connectivity index (χ0v) is 13.4. The van der Waals surface area contributed by atoms with Gasteiger partial charge in [0.15, 0.2) is 0 Å². The highest BCUT2D eigenvalue weighted by Crippen LogP contribution is 2.26. The Morgan fingerprint density at radius 3 is 2.50 bits per heavy atom. The van der Waals surface area contributed by atoms with Crippen LogP contribution in [0.3, 0.4) is 0 Å². The minimum absolute atomic E-state index is 0. The smallest absolute Gasteiger partial charge is 0.223 e. The fraction of sp³-hybridized carbons (Fsp3) is 0.389. The average Bonchev–Trinajstić information content (AvgIpc) is 3.06. The fourth-order valence-electron chi connectivity index (χ4n) is 3.18. The summed E-state index contributed by atoms with van der Waals surface area (Å²) in [6.45, 7) is 0.427. The maximum Gasteiger partial charge on any atom is 0.223 e. The highest BCUT2D eigenvalue weighted by atomic mass is 35.5. The Hall–Kier alpha value is -1.58. The van der Waals surface area contributed by atoms with E-state index in [1.807, 2.05) is 12.1 Å². The third kappa shape index (κ3) is 3.60. The number of amides is 1. The lowest BCUT2D eigenvalue weighted by Gasteiger charge is -2.20. The normalized spacial score (nSPS) is 16.2. The van der Waals surface area contributed by atoms with Gasteiger partial charge < -0.3 is 11.1 Å².